The number of likely N-dealkylation sites (N-methyl/N-ethyl adjacent to an activating group) is 1. The van der Waals surface area contributed by atoms with Crippen LogP contribution in [0.2, 0.25) is 5.15 Å². The van der Waals surface area contributed by atoms with Crippen LogP contribution in [0.4, 0.5) is 0 Å². The van der Waals surface area contributed by atoms with Crippen molar-refractivity contribution >= 4 is 17.5 Å². The number of nitrogens with one attached hydrogen (secondary N) is 1. The zero-order valence-corrected chi connectivity index (χ0v) is 18.6. The number of halogens is 1. The maximum Gasteiger partial charge on any atom is 0.256 e. The summed E-state index contributed by atoms with van der Waals surface area (Å²) in [4.78, 5) is 15.4. The molecule has 0 aliphatic rings. The molecule has 6 heteroatoms. The molecule has 0 saturated carbocycles. The average molecular weight is 425 g/mol. The molecule has 0 fully saturated rings. The first-order valence-corrected chi connectivity index (χ1v) is 10.8. The van der Waals surface area contributed by atoms with E-state index in [1.807, 2.05) is 55.5 Å². The van der Waals surface area contributed by atoms with Gasteiger partial charge in [0.2, 0.25) is 0 Å². The quantitative estimate of drug-likeness (QED) is 0.549. The number of benzene rings is 2. The van der Waals surface area contributed by atoms with E-state index < -0.39 is 0 Å². The summed E-state index contributed by atoms with van der Waals surface area (Å²) in [6.45, 7) is 8.50. The van der Waals surface area contributed by atoms with E-state index in [1.165, 1.54) is 5.56 Å². The van der Waals surface area contributed by atoms with Gasteiger partial charge in [0, 0.05) is 12.6 Å². The first kappa shape index (κ1) is 22.1. The standard InChI is InChI=1S/C24H29ClN4O/c1-4-28(5-2)21(16-19-12-8-6-9-13-19)17-26-24(30)22-18(3)27-29(23(22)25)20-14-10-7-11-15-20/h6-15,21H,4-5,16-17H2,1-3H3,(H,26,30). The van der Waals surface area contributed by atoms with Crippen LogP contribution in [-0.4, -0.2) is 46.3 Å². The van der Waals surface area contributed by atoms with E-state index >= 15 is 0 Å². The zero-order chi connectivity index (χ0) is 21.5. The third-order valence-corrected chi connectivity index (χ3v) is 5.72. The van der Waals surface area contributed by atoms with Crippen LogP contribution in [0.5, 0.6) is 0 Å². The molecule has 1 atom stereocenters. The van der Waals surface area contributed by atoms with Gasteiger partial charge in [-0.25, -0.2) is 4.68 Å². The highest BCUT2D eigenvalue weighted by atomic mass is 35.5. The van der Waals surface area contributed by atoms with E-state index in [1.54, 1.807) is 4.68 Å². The third kappa shape index (κ3) is 5.10. The second-order valence-electron chi connectivity index (χ2n) is 7.27. The summed E-state index contributed by atoms with van der Waals surface area (Å²) in [5.41, 5.74) is 3.13. The molecule has 0 aliphatic heterocycles. The average Bonchev–Trinajstić information content (AvgIpc) is 3.07. The summed E-state index contributed by atoms with van der Waals surface area (Å²) < 4.78 is 1.61. The predicted molar refractivity (Wildman–Crippen MR) is 122 cm³/mol. The number of hydrogen-bond acceptors (Lipinski definition) is 3. The number of aromatic nitrogens is 2. The van der Waals surface area contributed by atoms with Gasteiger partial charge >= 0.3 is 0 Å². The second-order valence-corrected chi connectivity index (χ2v) is 7.63. The predicted octanol–water partition coefficient (Wildman–Crippen LogP) is 4.52. The molecule has 1 heterocycles. The van der Waals surface area contributed by atoms with Crippen LogP contribution in [0.1, 0.15) is 35.5 Å². The minimum atomic E-state index is -0.190. The molecule has 5 nitrogen and oxygen atoms in total. The Morgan fingerprint density at radius 3 is 2.27 bits per heavy atom. The van der Waals surface area contributed by atoms with Crippen LogP contribution in [0, 0.1) is 6.92 Å². The molecule has 158 valence electrons. The molecule has 0 bridgehead atoms. The summed E-state index contributed by atoms with van der Waals surface area (Å²) in [7, 11) is 0. The molecule has 0 saturated heterocycles. The fraction of sp³-hybridized carbons (Fsp3) is 0.333. The topological polar surface area (TPSA) is 50.2 Å². The lowest BCUT2D eigenvalue weighted by Crippen LogP contribution is -2.45. The smallest absolute Gasteiger partial charge is 0.256 e. The van der Waals surface area contributed by atoms with Crippen LogP contribution in [0.15, 0.2) is 60.7 Å². The van der Waals surface area contributed by atoms with E-state index in [0.29, 0.717) is 23.0 Å². The highest BCUT2D eigenvalue weighted by Crippen LogP contribution is 2.23. The van der Waals surface area contributed by atoms with Crippen LogP contribution >= 0.6 is 11.6 Å². The number of carbonyl (C=O) groups excluding carboxylic acids is 1. The maximum atomic E-state index is 13.0. The number of rotatable bonds is 9. The van der Waals surface area contributed by atoms with E-state index in [2.05, 4.69) is 41.3 Å². The Kier molecular flexibility index (Phi) is 7.66. The molecule has 0 radical (unpaired) electrons. The maximum absolute atomic E-state index is 13.0. The fourth-order valence-corrected chi connectivity index (χ4v) is 4.11. The zero-order valence-electron chi connectivity index (χ0n) is 17.8. The minimum Gasteiger partial charge on any atom is -0.350 e. The summed E-state index contributed by atoms with van der Waals surface area (Å²) >= 11 is 6.55. The molecule has 3 aromatic rings. The first-order valence-electron chi connectivity index (χ1n) is 10.4. The van der Waals surface area contributed by atoms with Crippen LogP contribution < -0.4 is 5.32 Å². The van der Waals surface area contributed by atoms with Crippen molar-refractivity contribution in [3.63, 3.8) is 0 Å². The van der Waals surface area contributed by atoms with Gasteiger partial charge in [0.15, 0.2) is 0 Å². The van der Waals surface area contributed by atoms with Gasteiger partial charge in [-0.3, -0.25) is 9.69 Å². The minimum absolute atomic E-state index is 0.190. The van der Waals surface area contributed by atoms with E-state index in [0.717, 1.165) is 25.2 Å². The van der Waals surface area contributed by atoms with Crippen molar-refractivity contribution in [2.24, 2.45) is 0 Å². The number of para-hydroxylation sites is 1. The van der Waals surface area contributed by atoms with Crippen molar-refractivity contribution in [3.05, 3.63) is 82.6 Å². The molecule has 2 aromatic carbocycles. The molecule has 3 rings (SSSR count). The highest BCUT2D eigenvalue weighted by Gasteiger charge is 2.23. The molecule has 1 amide bonds. The number of aryl methyl sites for hydroxylation is 1. The fourth-order valence-electron chi connectivity index (χ4n) is 3.75. The summed E-state index contributed by atoms with van der Waals surface area (Å²) in [6.07, 6.45) is 0.874. The Morgan fingerprint density at radius 2 is 1.67 bits per heavy atom. The van der Waals surface area contributed by atoms with Gasteiger partial charge in [0.25, 0.3) is 5.91 Å². The van der Waals surface area contributed by atoms with Crippen LogP contribution in [-0.2, 0) is 6.42 Å². The number of carbonyl (C=O) groups is 1. The molecule has 1 unspecified atom stereocenters. The van der Waals surface area contributed by atoms with Crippen molar-refractivity contribution in [1.29, 1.82) is 0 Å². The van der Waals surface area contributed by atoms with Crippen molar-refractivity contribution in [3.8, 4) is 5.69 Å². The van der Waals surface area contributed by atoms with Gasteiger partial charge in [-0.2, -0.15) is 5.10 Å². The lowest BCUT2D eigenvalue weighted by Gasteiger charge is -2.30. The Hall–Kier alpha value is -2.63. The number of nitrogens with zero attached hydrogens (tertiary/aromatic N) is 3. The largest absolute Gasteiger partial charge is 0.350 e. The van der Waals surface area contributed by atoms with Gasteiger partial charge in [-0.05, 0) is 44.1 Å². The summed E-state index contributed by atoms with van der Waals surface area (Å²) in [6, 6.07) is 20.2. The Bertz CT molecular complexity index is 952. The second kappa shape index (κ2) is 10.4. The number of hydrogen-bond donors (Lipinski definition) is 1. The van der Waals surface area contributed by atoms with Gasteiger partial charge in [-0.15, -0.1) is 0 Å². The van der Waals surface area contributed by atoms with Gasteiger partial charge in [-0.1, -0.05) is 74.0 Å². The normalized spacial score (nSPS) is 12.2. The molecule has 0 spiro atoms. The van der Waals surface area contributed by atoms with Gasteiger partial charge < -0.3 is 5.32 Å². The molecule has 1 N–H and O–H groups in total. The summed E-state index contributed by atoms with van der Waals surface area (Å²) in [5.74, 6) is -0.190. The van der Waals surface area contributed by atoms with Crippen molar-refractivity contribution in [2.45, 2.75) is 33.2 Å². The van der Waals surface area contributed by atoms with Gasteiger partial charge in [0.05, 0.1) is 16.9 Å². The van der Waals surface area contributed by atoms with Gasteiger partial charge in [0.1, 0.15) is 5.15 Å². The first-order chi connectivity index (χ1) is 14.5. The Balaban J connectivity index is 1.76. The Labute approximate surface area is 183 Å². The van der Waals surface area contributed by atoms with Crippen LogP contribution in [0.3, 0.4) is 0 Å². The lowest BCUT2D eigenvalue weighted by atomic mass is 10.0. The molecule has 1 aromatic heterocycles. The van der Waals surface area contributed by atoms with Crippen molar-refractivity contribution in [1.82, 2.24) is 20.0 Å². The van der Waals surface area contributed by atoms with Crippen LogP contribution in [0.25, 0.3) is 5.69 Å². The molecule has 30 heavy (non-hydrogen) atoms. The SMILES string of the molecule is CCN(CC)C(CNC(=O)c1c(C)nn(-c2ccccc2)c1Cl)Cc1ccccc1. The van der Waals surface area contributed by atoms with E-state index in [-0.39, 0.29) is 11.9 Å². The lowest BCUT2D eigenvalue weighted by molar-refractivity contribution is 0.0934. The van der Waals surface area contributed by atoms with Crippen molar-refractivity contribution in [2.75, 3.05) is 19.6 Å². The number of amides is 1. The Morgan fingerprint density at radius 1 is 1.07 bits per heavy atom. The molecular formula is C24H29ClN4O. The molecular weight excluding hydrogens is 396 g/mol. The highest BCUT2D eigenvalue weighted by molar-refractivity contribution is 6.33. The van der Waals surface area contributed by atoms with E-state index in [9.17, 15) is 4.79 Å². The van der Waals surface area contributed by atoms with Crippen molar-refractivity contribution < 1.29 is 4.79 Å². The monoisotopic (exact) mass is 424 g/mol. The van der Waals surface area contributed by atoms with E-state index in [4.69, 9.17) is 11.6 Å². The third-order valence-electron chi connectivity index (χ3n) is 5.37. The summed E-state index contributed by atoms with van der Waals surface area (Å²) in [5, 5.41) is 7.91. The molecule has 0 aliphatic carbocycles.